The van der Waals surface area contributed by atoms with Crippen LogP contribution in [0.5, 0.6) is 0 Å². The van der Waals surface area contributed by atoms with E-state index in [1.807, 2.05) is 54.6 Å². The summed E-state index contributed by atoms with van der Waals surface area (Å²) < 4.78 is 34.4. The third kappa shape index (κ3) is 10.2. The summed E-state index contributed by atoms with van der Waals surface area (Å²) in [6, 6.07) is 31.0. The molecule has 7 heteroatoms. The Bertz CT molecular complexity index is 861. The number of alkyl halides is 1. The minimum atomic E-state index is -0.731. The van der Waals surface area contributed by atoms with Gasteiger partial charge in [0.2, 0.25) is 0 Å². The molecule has 3 aromatic carbocycles. The monoisotopic (exact) mass is 586 g/mol. The largest absolute Gasteiger partial charge is 0.378 e. The molecule has 0 radical (unpaired) electrons. The molecule has 3 rings (SSSR count). The molecular formula is C31H39BrO6. The Morgan fingerprint density at radius 1 is 0.395 bits per heavy atom. The van der Waals surface area contributed by atoms with Crippen LogP contribution in [0.4, 0.5) is 0 Å². The van der Waals surface area contributed by atoms with Crippen LogP contribution in [-0.4, -0.2) is 78.0 Å². The van der Waals surface area contributed by atoms with E-state index in [1.54, 1.807) is 0 Å². The molecule has 0 amide bonds. The lowest BCUT2D eigenvalue weighted by Gasteiger charge is -2.36. The average molecular weight is 588 g/mol. The van der Waals surface area contributed by atoms with Crippen LogP contribution in [0, 0.1) is 0 Å². The summed E-state index contributed by atoms with van der Waals surface area (Å²) >= 11 is 3.31. The van der Waals surface area contributed by atoms with Crippen LogP contribution in [0.15, 0.2) is 91.0 Å². The molecule has 0 aromatic heterocycles. The molecule has 0 bridgehead atoms. The van der Waals surface area contributed by atoms with Gasteiger partial charge in [-0.25, -0.2) is 0 Å². The molecule has 0 saturated heterocycles. The molecular weight excluding hydrogens is 548 g/mol. The van der Waals surface area contributed by atoms with Gasteiger partial charge in [0.1, 0.15) is 5.60 Å². The van der Waals surface area contributed by atoms with Gasteiger partial charge >= 0.3 is 0 Å². The van der Waals surface area contributed by atoms with Gasteiger partial charge in [-0.3, -0.25) is 0 Å². The zero-order valence-corrected chi connectivity index (χ0v) is 23.6. The Hall–Kier alpha value is -2.10. The van der Waals surface area contributed by atoms with Crippen molar-refractivity contribution in [3.05, 3.63) is 108 Å². The van der Waals surface area contributed by atoms with E-state index in [4.69, 9.17) is 28.4 Å². The minimum absolute atomic E-state index is 0.433. The zero-order valence-electron chi connectivity index (χ0n) is 22.0. The topological polar surface area (TPSA) is 55.4 Å². The Morgan fingerprint density at radius 2 is 0.684 bits per heavy atom. The molecule has 0 atom stereocenters. The number of halogens is 1. The normalized spacial score (nSPS) is 11.6. The van der Waals surface area contributed by atoms with E-state index in [-0.39, 0.29) is 0 Å². The first-order chi connectivity index (χ1) is 18.9. The maximum Gasteiger partial charge on any atom is 0.143 e. The van der Waals surface area contributed by atoms with Crippen LogP contribution in [-0.2, 0) is 34.0 Å². The van der Waals surface area contributed by atoms with Crippen LogP contribution in [0.25, 0.3) is 0 Å². The van der Waals surface area contributed by atoms with Crippen molar-refractivity contribution >= 4 is 15.9 Å². The van der Waals surface area contributed by atoms with Crippen molar-refractivity contribution in [1.29, 1.82) is 0 Å². The van der Waals surface area contributed by atoms with Gasteiger partial charge in [0.15, 0.2) is 0 Å². The molecule has 3 aromatic rings. The third-order valence-electron chi connectivity index (χ3n) is 5.80. The van der Waals surface area contributed by atoms with Crippen molar-refractivity contribution in [2.24, 2.45) is 0 Å². The molecule has 206 valence electrons. The molecule has 6 nitrogen and oxygen atoms in total. The summed E-state index contributed by atoms with van der Waals surface area (Å²) in [6.45, 7) is 5.93. The standard InChI is InChI=1S/C31H39BrO6/c32-16-17-33-18-19-34-20-21-35-22-23-36-24-25-37-26-27-38-31(28-10-4-1-5-11-28,29-12-6-2-7-13-29)30-14-8-3-9-15-30/h1-15H,16-27H2. The summed E-state index contributed by atoms with van der Waals surface area (Å²) in [6.07, 6.45) is 0. The van der Waals surface area contributed by atoms with Gasteiger partial charge in [-0.05, 0) is 16.7 Å². The van der Waals surface area contributed by atoms with Crippen LogP contribution in [0.3, 0.4) is 0 Å². The highest BCUT2D eigenvalue weighted by atomic mass is 79.9. The first-order valence-corrected chi connectivity index (χ1v) is 14.3. The predicted molar refractivity (Wildman–Crippen MR) is 153 cm³/mol. The number of ether oxygens (including phenoxy) is 6. The van der Waals surface area contributed by atoms with E-state index in [1.165, 1.54) is 0 Å². The van der Waals surface area contributed by atoms with Crippen molar-refractivity contribution < 1.29 is 28.4 Å². The Morgan fingerprint density at radius 3 is 1.00 bits per heavy atom. The van der Waals surface area contributed by atoms with E-state index in [9.17, 15) is 0 Å². The highest BCUT2D eigenvalue weighted by Gasteiger charge is 2.37. The number of hydrogen-bond acceptors (Lipinski definition) is 6. The van der Waals surface area contributed by atoms with Crippen LogP contribution >= 0.6 is 15.9 Å². The summed E-state index contributed by atoms with van der Waals surface area (Å²) in [4.78, 5) is 0. The lowest BCUT2D eigenvalue weighted by atomic mass is 9.80. The maximum absolute atomic E-state index is 6.70. The molecule has 0 heterocycles. The Balaban J connectivity index is 1.38. The van der Waals surface area contributed by atoms with Crippen molar-refractivity contribution in [2.75, 3.05) is 78.0 Å². The van der Waals surface area contributed by atoms with Gasteiger partial charge in [0.05, 0.1) is 72.7 Å². The lowest BCUT2D eigenvalue weighted by Crippen LogP contribution is -2.34. The molecule has 0 aliphatic heterocycles. The molecule has 0 spiro atoms. The average Bonchev–Trinajstić information content (AvgIpc) is 2.98. The number of benzene rings is 3. The Kier molecular flexibility index (Phi) is 15.3. The van der Waals surface area contributed by atoms with Crippen molar-refractivity contribution in [2.45, 2.75) is 5.60 Å². The summed E-state index contributed by atoms with van der Waals surface area (Å²) in [7, 11) is 0. The molecule has 0 unspecified atom stereocenters. The quantitative estimate of drug-likeness (QED) is 0.0936. The van der Waals surface area contributed by atoms with Gasteiger partial charge in [-0.2, -0.15) is 0 Å². The molecule has 0 saturated carbocycles. The smallest absolute Gasteiger partial charge is 0.143 e. The molecule has 0 aliphatic carbocycles. The van der Waals surface area contributed by atoms with E-state index in [0.717, 1.165) is 22.0 Å². The minimum Gasteiger partial charge on any atom is -0.378 e. The van der Waals surface area contributed by atoms with Crippen LogP contribution in [0.1, 0.15) is 16.7 Å². The molecule has 0 aliphatic rings. The fraction of sp³-hybridized carbons (Fsp3) is 0.419. The SMILES string of the molecule is BrCCOCCOCCOCCOCCOCCOC(c1ccccc1)(c1ccccc1)c1ccccc1. The highest BCUT2D eigenvalue weighted by molar-refractivity contribution is 9.09. The third-order valence-corrected chi connectivity index (χ3v) is 6.12. The van der Waals surface area contributed by atoms with Crippen LogP contribution in [0.2, 0.25) is 0 Å². The van der Waals surface area contributed by atoms with E-state index in [0.29, 0.717) is 72.7 Å². The number of rotatable bonds is 21. The van der Waals surface area contributed by atoms with Gasteiger partial charge < -0.3 is 28.4 Å². The van der Waals surface area contributed by atoms with E-state index < -0.39 is 5.60 Å². The maximum atomic E-state index is 6.70. The van der Waals surface area contributed by atoms with E-state index in [2.05, 4.69) is 52.3 Å². The fourth-order valence-corrected chi connectivity index (χ4v) is 4.29. The fourth-order valence-electron chi connectivity index (χ4n) is 4.06. The zero-order chi connectivity index (χ0) is 26.6. The van der Waals surface area contributed by atoms with Gasteiger partial charge in [0, 0.05) is 5.33 Å². The second-order valence-corrected chi connectivity index (χ2v) is 9.17. The van der Waals surface area contributed by atoms with Gasteiger partial charge in [-0.15, -0.1) is 0 Å². The first kappa shape index (κ1) is 30.4. The number of hydrogen-bond donors (Lipinski definition) is 0. The highest BCUT2D eigenvalue weighted by Crippen LogP contribution is 2.40. The van der Waals surface area contributed by atoms with Crippen molar-refractivity contribution in [1.82, 2.24) is 0 Å². The first-order valence-electron chi connectivity index (χ1n) is 13.1. The van der Waals surface area contributed by atoms with Crippen molar-refractivity contribution in [3.63, 3.8) is 0 Å². The van der Waals surface area contributed by atoms with E-state index >= 15 is 0 Å². The predicted octanol–water partition coefficient (Wildman–Crippen LogP) is 5.47. The summed E-state index contributed by atoms with van der Waals surface area (Å²) in [5.41, 5.74) is 2.50. The second-order valence-electron chi connectivity index (χ2n) is 8.38. The lowest BCUT2D eigenvalue weighted by molar-refractivity contribution is -0.0390. The van der Waals surface area contributed by atoms with Crippen molar-refractivity contribution in [3.8, 4) is 0 Å². The summed E-state index contributed by atoms with van der Waals surface area (Å²) in [5.74, 6) is 0. The van der Waals surface area contributed by atoms with Gasteiger partial charge in [0.25, 0.3) is 0 Å². The molecule has 0 N–H and O–H groups in total. The van der Waals surface area contributed by atoms with Gasteiger partial charge in [-0.1, -0.05) is 107 Å². The second kappa shape index (κ2) is 19.0. The van der Waals surface area contributed by atoms with Crippen LogP contribution < -0.4 is 0 Å². The molecule has 38 heavy (non-hydrogen) atoms. The summed E-state index contributed by atoms with van der Waals surface area (Å²) in [5, 5.41) is 0.840. The Labute approximate surface area is 235 Å². The molecule has 0 fully saturated rings.